The van der Waals surface area contributed by atoms with Gasteiger partial charge in [0.1, 0.15) is 0 Å². The zero-order valence-electron chi connectivity index (χ0n) is 8.38. The van der Waals surface area contributed by atoms with Gasteiger partial charge in [0.25, 0.3) is 0 Å². The van der Waals surface area contributed by atoms with Gasteiger partial charge in [-0.25, -0.2) is 0 Å². The largest absolute Gasteiger partial charge is 0.486 e. The van der Waals surface area contributed by atoms with E-state index in [9.17, 15) is 10.1 Å². The van der Waals surface area contributed by atoms with E-state index in [2.05, 4.69) is 5.16 Å². The van der Waals surface area contributed by atoms with Gasteiger partial charge in [0.05, 0.1) is 22.8 Å². The summed E-state index contributed by atoms with van der Waals surface area (Å²) in [5, 5.41) is 22.0. The Labute approximate surface area is 96.2 Å². The molecule has 6 nitrogen and oxygen atoms in total. The minimum absolute atomic E-state index is 0.0178. The van der Waals surface area contributed by atoms with Crippen LogP contribution in [0.25, 0.3) is 0 Å². The van der Waals surface area contributed by atoms with Crippen molar-refractivity contribution < 1.29 is 14.9 Å². The number of halogens is 1. The van der Waals surface area contributed by atoms with Crippen LogP contribution in [0, 0.1) is 10.1 Å². The lowest BCUT2D eigenvalue weighted by Crippen LogP contribution is -1.99. The molecular formula is C9H9ClN2O4. The van der Waals surface area contributed by atoms with E-state index in [1.807, 2.05) is 0 Å². The van der Waals surface area contributed by atoms with E-state index in [0.717, 1.165) is 6.21 Å². The van der Waals surface area contributed by atoms with E-state index in [1.165, 1.54) is 12.1 Å². The Kier molecular flexibility index (Phi) is 4.07. The highest BCUT2D eigenvalue weighted by Gasteiger charge is 2.19. The van der Waals surface area contributed by atoms with Crippen molar-refractivity contribution in [3.63, 3.8) is 0 Å². The van der Waals surface area contributed by atoms with Gasteiger partial charge in [-0.2, -0.15) is 0 Å². The van der Waals surface area contributed by atoms with Gasteiger partial charge in [-0.1, -0.05) is 16.8 Å². The quantitative estimate of drug-likeness (QED) is 0.382. The van der Waals surface area contributed by atoms with Gasteiger partial charge in [0.15, 0.2) is 0 Å². The highest BCUT2D eigenvalue weighted by atomic mass is 35.5. The van der Waals surface area contributed by atoms with E-state index in [1.54, 1.807) is 6.92 Å². The Bertz CT molecular complexity index is 434. The molecule has 86 valence electrons. The van der Waals surface area contributed by atoms with Crippen molar-refractivity contribution in [3.05, 3.63) is 32.8 Å². The molecule has 0 radical (unpaired) electrons. The van der Waals surface area contributed by atoms with E-state index >= 15 is 0 Å². The van der Waals surface area contributed by atoms with E-state index in [0.29, 0.717) is 5.56 Å². The molecule has 1 N–H and O–H groups in total. The number of nitro benzene ring substituents is 1. The molecule has 7 heteroatoms. The molecule has 0 bridgehead atoms. The van der Waals surface area contributed by atoms with Crippen LogP contribution >= 0.6 is 11.6 Å². The fourth-order valence-electron chi connectivity index (χ4n) is 1.16. The molecule has 0 saturated carbocycles. The second kappa shape index (κ2) is 5.32. The summed E-state index contributed by atoms with van der Waals surface area (Å²) in [7, 11) is 0. The first-order valence-electron chi connectivity index (χ1n) is 4.38. The van der Waals surface area contributed by atoms with Crippen LogP contribution in [0.4, 0.5) is 5.69 Å². The first-order valence-corrected chi connectivity index (χ1v) is 4.76. The van der Waals surface area contributed by atoms with Gasteiger partial charge >= 0.3 is 5.69 Å². The van der Waals surface area contributed by atoms with Crippen LogP contribution in [0.3, 0.4) is 0 Å². The Morgan fingerprint density at radius 3 is 2.88 bits per heavy atom. The Balaban J connectivity index is 3.33. The highest BCUT2D eigenvalue weighted by Crippen LogP contribution is 2.35. The molecule has 0 aliphatic heterocycles. The molecule has 0 heterocycles. The predicted octanol–water partition coefficient (Wildman–Crippen LogP) is 2.46. The fourth-order valence-corrected chi connectivity index (χ4v) is 1.44. The topological polar surface area (TPSA) is 85.0 Å². The van der Waals surface area contributed by atoms with Crippen molar-refractivity contribution in [2.75, 3.05) is 6.61 Å². The number of hydrogen-bond donors (Lipinski definition) is 1. The van der Waals surface area contributed by atoms with Crippen LogP contribution in [0.15, 0.2) is 17.3 Å². The zero-order valence-corrected chi connectivity index (χ0v) is 9.14. The highest BCUT2D eigenvalue weighted by molar-refractivity contribution is 6.32. The molecule has 0 fully saturated rings. The lowest BCUT2D eigenvalue weighted by atomic mass is 10.2. The van der Waals surface area contributed by atoms with Gasteiger partial charge < -0.3 is 9.94 Å². The summed E-state index contributed by atoms with van der Waals surface area (Å²) in [6.07, 6.45) is 1.05. The van der Waals surface area contributed by atoms with Crippen molar-refractivity contribution in [3.8, 4) is 5.75 Å². The minimum atomic E-state index is -0.606. The van der Waals surface area contributed by atoms with Crippen molar-refractivity contribution in [1.29, 1.82) is 0 Å². The van der Waals surface area contributed by atoms with Crippen LogP contribution in [0.1, 0.15) is 12.5 Å². The van der Waals surface area contributed by atoms with Crippen LogP contribution < -0.4 is 4.74 Å². The average Bonchev–Trinajstić information content (AvgIpc) is 2.22. The normalized spacial score (nSPS) is 10.6. The lowest BCUT2D eigenvalue weighted by Gasteiger charge is -2.06. The molecular weight excluding hydrogens is 236 g/mol. The van der Waals surface area contributed by atoms with Gasteiger partial charge in [0.2, 0.25) is 5.75 Å². The standard InChI is InChI=1S/C9H9ClN2O4/c1-2-16-9-7(10)3-6(5-11-13)4-8(9)12(14)15/h3-5,13H,2H2,1H3/b11-5+. The van der Waals surface area contributed by atoms with Crippen molar-refractivity contribution in [2.45, 2.75) is 6.92 Å². The number of ether oxygens (including phenoxy) is 1. The molecule has 0 saturated heterocycles. The van der Waals surface area contributed by atoms with Crippen molar-refractivity contribution in [2.24, 2.45) is 5.16 Å². The minimum Gasteiger partial charge on any atom is -0.486 e. The summed E-state index contributed by atoms with van der Waals surface area (Å²) in [6.45, 7) is 1.97. The first-order chi connectivity index (χ1) is 7.60. The summed E-state index contributed by atoms with van der Waals surface area (Å²) in [5.41, 5.74) is 0.0619. The second-order valence-corrected chi connectivity index (χ2v) is 3.19. The number of hydrogen-bond acceptors (Lipinski definition) is 5. The van der Waals surface area contributed by atoms with Gasteiger partial charge in [-0.05, 0) is 13.0 Å². The van der Waals surface area contributed by atoms with Crippen molar-refractivity contribution in [1.82, 2.24) is 0 Å². The summed E-state index contributed by atoms with van der Waals surface area (Å²) < 4.78 is 5.08. The van der Waals surface area contributed by atoms with Crippen LogP contribution in [0.2, 0.25) is 5.02 Å². The summed E-state index contributed by atoms with van der Waals surface area (Å²) in [6, 6.07) is 2.63. The lowest BCUT2D eigenvalue weighted by molar-refractivity contribution is -0.385. The number of nitrogens with zero attached hydrogens (tertiary/aromatic N) is 2. The van der Waals surface area contributed by atoms with Gasteiger partial charge in [0, 0.05) is 11.6 Å². The van der Waals surface area contributed by atoms with E-state index in [4.69, 9.17) is 21.5 Å². The molecule has 0 atom stereocenters. The SMILES string of the molecule is CCOc1c(Cl)cc(/C=N/O)cc1[N+](=O)[O-]. The maximum atomic E-state index is 10.8. The van der Waals surface area contributed by atoms with Crippen molar-refractivity contribution >= 4 is 23.5 Å². The Morgan fingerprint density at radius 1 is 1.69 bits per heavy atom. The smallest absolute Gasteiger partial charge is 0.313 e. The predicted molar refractivity (Wildman–Crippen MR) is 58.7 cm³/mol. The molecule has 0 aromatic heterocycles. The summed E-state index contributed by atoms with van der Waals surface area (Å²) in [5.74, 6) is 0.0178. The number of nitro groups is 1. The van der Waals surface area contributed by atoms with Gasteiger partial charge in [-0.3, -0.25) is 10.1 Å². The maximum Gasteiger partial charge on any atom is 0.313 e. The molecule has 0 aliphatic carbocycles. The van der Waals surface area contributed by atoms with Gasteiger partial charge in [-0.15, -0.1) is 0 Å². The van der Waals surface area contributed by atoms with E-state index in [-0.39, 0.29) is 23.1 Å². The number of rotatable bonds is 4. The molecule has 0 spiro atoms. The third kappa shape index (κ3) is 2.60. The number of benzene rings is 1. The van der Waals surface area contributed by atoms with Crippen LogP contribution in [-0.2, 0) is 0 Å². The molecule has 1 aromatic carbocycles. The third-order valence-corrected chi connectivity index (χ3v) is 2.02. The maximum absolute atomic E-state index is 10.8. The Hall–Kier alpha value is -1.82. The molecule has 0 unspecified atom stereocenters. The Morgan fingerprint density at radius 2 is 2.38 bits per heavy atom. The molecule has 0 amide bonds. The molecule has 1 rings (SSSR count). The first kappa shape index (κ1) is 12.3. The fraction of sp³-hybridized carbons (Fsp3) is 0.222. The molecule has 0 aliphatic rings. The number of oxime groups is 1. The van der Waals surface area contributed by atoms with Crippen LogP contribution in [0.5, 0.6) is 5.75 Å². The average molecular weight is 245 g/mol. The van der Waals surface area contributed by atoms with Crippen LogP contribution in [-0.4, -0.2) is 23.0 Å². The zero-order chi connectivity index (χ0) is 12.1. The third-order valence-electron chi connectivity index (χ3n) is 1.74. The summed E-state index contributed by atoms with van der Waals surface area (Å²) in [4.78, 5) is 10.2. The monoisotopic (exact) mass is 244 g/mol. The summed E-state index contributed by atoms with van der Waals surface area (Å²) >= 11 is 5.82. The van der Waals surface area contributed by atoms with E-state index < -0.39 is 4.92 Å². The molecule has 1 aromatic rings. The second-order valence-electron chi connectivity index (χ2n) is 2.79. The molecule has 16 heavy (non-hydrogen) atoms.